The molecule has 114 valence electrons. The van der Waals surface area contributed by atoms with E-state index in [-0.39, 0.29) is 9.79 Å². The van der Waals surface area contributed by atoms with Crippen LogP contribution >= 0.6 is 0 Å². The van der Waals surface area contributed by atoms with Crippen LogP contribution in [0.1, 0.15) is 0 Å². The summed E-state index contributed by atoms with van der Waals surface area (Å²) in [5.41, 5.74) is 0. The minimum atomic E-state index is -3.51. The molecule has 6 heteroatoms. The zero-order chi connectivity index (χ0) is 16.1. The molecule has 0 spiro atoms. The van der Waals surface area contributed by atoms with Crippen molar-refractivity contribution in [2.24, 2.45) is 0 Å². The predicted molar refractivity (Wildman–Crippen MR) is 84.8 cm³/mol. The lowest BCUT2D eigenvalue weighted by atomic mass is 10.4. The van der Waals surface area contributed by atoms with E-state index in [0.717, 1.165) is 0 Å². The molecule has 2 aromatic carbocycles. The Morgan fingerprint density at radius 2 is 0.909 bits per heavy atom. The third kappa shape index (κ3) is 4.20. The van der Waals surface area contributed by atoms with Crippen LogP contribution in [0.15, 0.2) is 70.5 Å². The second-order valence-corrected chi connectivity index (χ2v) is 8.48. The summed E-state index contributed by atoms with van der Waals surface area (Å²) in [5.74, 6) is 4.06. The van der Waals surface area contributed by atoms with Crippen LogP contribution in [0.3, 0.4) is 0 Å². The molecule has 2 rings (SSSR count). The summed E-state index contributed by atoms with van der Waals surface area (Å²) in [6.45, 7) is 0. The molecule has 0 amide bonds. The molecular weight excluding hydrogens is 320 g/mol. The summed E-state index contributed by atoms with van der Waals surface area (Å²) < 4.78 is 47.9. The standard InChI is InChI=1S/C16H14O4S2/c17-21(18,15-9-3-1-4-10-15)13-7-8-14-22(19,20)16-11-5-2-6-12-16/h1-6,9-12H,13-14H2. The topological polar surface area (TPSA) is 68.3 Å². The van der Waals surface area contributed by atoms with Crippen molar-refractivity contribution in [3.63, 3.8) is 0 Å². The number of sulfone groups is 2. The van der Waals surface area contributed by atoms with Gasteiger partial charge in [0.1, 0.15) is 11.5 Å². The highest BCUT2D eigenvalue weighted by molar-refractivity contribution is 7.92. The molecule has 0 aliphatic rings. The van der Waals surface area contributed by atoms with Gasteiger partial charge in [-0.05, 0) is 24.3 Å². The SMILES string of the molecule is O=S(=O)(CC#CCS(=O)(=O)c1ccccc1)c1ccccc1. The Kier molecular flexibility index (Phi) is 5.01. The fraction of sp³-hybridized carbons (Fsp3) is 0.125. The molecule has 0 heterocycles. The zero-order valence-electron chi connectivity index (χ0n) is 11.6. The van der Waals surface area contributed by atoms with Crippen LogP contribution < -0.4 is 0 Å². The lowest BCUT2D eigenvalue weighted by Gasteiger charge is -2.00. The van der Waals surface area contributed by atoms with Crippen LogP contribution in [0.2, 0.25) is 0 Å². The summed E-state index contributed by atoms with van der Waals surface area (Å²) in [4.78, 5) is 0.352. The van der Waals surface area contributed by atoms with Crippen molar-refractivity contribution in [3.8, 4) is 11.8 Å². The van der Waals surface area contributed by atoms with Crippen molar-refractivity contribution >= 4 is 19.7 Å². The van der Waals surface area contributed by atoms with Crippen molar-refractivity contribution in [2.75, 3.05) is 11.5 Å². The number of rotatable bonds is 4. The molecule has 0 saturated carbocycles. The summed E-state index contributed by atoms with van der Waals surface area (Å²) in [6, 6.07) is 15.9. The minimum absolute atomic E-state index is 0.176. The van der Waals surface area contributed by atoms with Crippen LogP contribution in [-0.2, 0) is 19.7 Å². The minimum Gasteiger partial charge on any atom is -0.223 e. The average molecular weight is 334 g/mol. The summed E-state index contributed by atoms with van der Waals surface area (Å²) in [7, 11) is -7.02. The second kappa shape index (κ2) is 6.77. The maximum Gasteiger partial charge on any atom is 0.189 e. The molecule has 0 atom stereocenters. The maximum atomic E-state index is 12.0. The molecule has 0 N–H and O–H groups in total. The van der Waals surface area contributed by atoms with Gasteiger partial charge >= 0.3 is 0 Å². The van der Waals surface area contributed by atoms with E-state index < -0.39 is 31.2 Å². The third-order valence-electron chi connectivity index (χ3n) is 2.85. The highest BCUT2D eigenvalue weighted by atomic mass is 32.2. The molecule has 22 heavy (non-hydrogen) atoms. The van der Waals surface area contributed by atoms with Gasteiger partial charge in [-0.15, -0.1) is 0 Å². The summed E-state index contributed by atoms with van der Waals surface area (Å²) in [5, 5.41) is 0. The van der Waals surface area contributed by atoms with Crippen molar-refractivity contribution in [1.29, 1.82) is 0 Å². The fourth-order valence-corrected chi connectivity index (χ4v) is 3.78. The monoisotopic (exact) mass is 334 g/mol. The molecule has 0 saturated heterocycles. The lowest BCUT2D eigenvalue weighted by Crippen LogP contribution is -2.07. The molecule has 0 bridgehead atoms. The first-order chi connectivity index (χ1) is 10.4. The molecule has 0 aliphatic carbocycles. The van der Waals surface area contributed by atoms with Gasteiger partial charge in [0.05, 0.1) is 9.79 Å². The first-order valence-corrected chi connectivity index (χ1v) is 9.74. The Morgan fingerprint density at radius 1 is 0.591 bits per heavy atom. The molecule has 0 unspecified atom stereocenters. The second-order valence-electron chi connectivity index (χ2n) is 4.50. The Hall–Kier alpha value is -2.10. The molecule has 0 aromatic heterocycles. The van der Waals surface area contributed by atoms with Crippen molar-refractivity contribution in [1.82, 2.24) is 0 Å². The summed E-state index contributed by atoms with van der Waals surface area (Å²) >= 11 is 0. The predicted octanol–water partition coefficient (Wildman–Crippen LogP) is 1.94. The number of benzene rings is 2. The first-order valence-electron chi connectivity index (χ1n) is 6.43. The van der Waals surface area contributed by atoms with E-state index in [1.165, 1.54) is 24.3 Å². The average Bonchev–Trinajstić information content (AvgIpc) is 2.53. The zero-order valence-corrected chi connectivity index (χ0v) is 13.3. The van der Waals surface area contributed by atoms with Gasteiger partial charge < -0.3 is 0 Å². The van der Waals surface area contributed by atoms with Gasteiger partial charge in [-0.25, -0.2) is 16.8 Å². The van der Waals surface area contributed by atoms with E-state index in [1.807, 2.05) is 0 Å². The highest BCUT2D eigenvalue weighted by Gasteiger charge is 2.13. The van der Waals surface area contributed by atoms with Crippen LogP contribution in [0.25, 0.3) is 0 Å². The first kappa shape index (κ1) is 16.3. The molecular formula is C16H14O4S2. The van der Waals surface area contributed by atoms with E-state index in [0.29, 0.717) is 0 Å². The van der Waals surface area contributed by atoms with Crippen molar-refractivity contribution in [2.45, 2.75) is 9.79 Å². The maximum absolute atomic E-state index is 12.0. The Morgan fingerprint density at radius 3 is 1.23 bits per heavy atom. The third-order valence-corrected chi connectivity index (χ3v) is 5.88. The Bertz CT molecular complexity index is 813. The van der Waals surface area contributed by atoms with Crippen molar-refractivity contribution in [3.05, 3.63) is 60.7 Å². The Labute approximate surface area is 130 Å². The molecule has 0 fully saturated rings. The smallest absolute Gasteiger partial charge is 0.189 e. The van der Waals surface area contributed by atoms with Gasteiger partial charge in [0, 0.05) is 0 Å². The summed E-state index contributed by atoms with van der Waals surface area (Å²) in [6.07, 6.45) is 0. The Balaban J connectivity index is 2.07. The lowest BCUT2D eigenvalue weighted by molar-refractivity contribution is 0.597. The largest absolute Gasteiger partial charge is 0.223 e. The van der Waals surface area contributed by atoms with E-state index >= 15 is 0 Å². The molecule has 0 aliphatic heterocycles. The fourth-order valence-electron chi connectivity index (χ4n) is 1.71. The van der Waals surface area contributed by atoms with Gasteiger partial charge in [-0.3, -0.25) is 0 Å². The van der Waals surface area contributed by atoms with Crippen LogP contribution in [0.5, 0.6) is 0 Å². The van der Waals surface area contributed by atoms with Gasteiger partial charge in [0.15, 0.2) is 19.7 Å². The van der Waals surface area contributed by atoms with Gasteiger partial charge in [-0.1, -0.05) is 48.2 Å². The normalized spacial score (nSPS) is 11.5. The van der Waals surface area contributed by atoms with E-state index in [2.05, 4.69) is 11.8 Å². The van der Waals surface area contributed by atoms with E-state index in [1.54, 1.807) is 36.4 Å². The van der Waals surface area contributed by atoms with Crippen LogP contribution in [0.4, 0.5) is 0 Å². The number of hydrogen-bond acceptors (Lipinski definition) is 4. The van der Waals surface area contributed by atoms with Gasteiger partial charge in [-0.2, -0.15) is 0 Å². The van der Waals surface area contributed by atoms with Gasteiger partial charge in [0.25, 0.3) is 0 Å². The highest BCUT2D eigenvalue weighted by Crippen LogP contribution is 2.10. The van der Waals surface area contributed by atoms with Gasteiger partial charge in [0.2, 0.25) is 0 Å². The van der Waals surface area contributed by atoms with Crippen LogP contribution in [0, 0.1) is 11.8 Å². The van der Waals surface area contributed by atoms with Crippen LogP contribution in [-0.4, -0.2) is 28.3 Å². The van der Waals surface area contributed by atoms with E-state index in [9.17, 15) is 16.8 Å². The van der Waals surface area contributed by atoms with Crippen molar-refractivity contribution < 1.29 is 16.8 Å². The quantitative estimate of drug-likeness (QED) is 0.801. The molecule has 4 nitrogen and oxygen atoms in total. The van der Waals surface area contributed by atoms with E-state index in [4.69, 9.17) is 0 Å². The number of hydrogen-bond donors (Lipinski definition) is 0. The molecule has 2 aromatic rings. The molecule has 0 radical (unpaired) electrons.